The second-order valence-electron chi connectivity index (χ2n) is 10.9. The zero-order chi connectivity index (χ0) is 21.3. The van der Waals surface area contributed by atoms with Gasteiger partial charge in [-0.1, -0.05) is 122 Å². The molecule has 4 rings (SSSR count). The molecule has 0 N–H and O–H groups in total. The second kappa shape index (κ2) is 14.8. The van der Waals surface area contributed by atoms with Crippen LogP contribution in [-0.4, -0.2) is 22.8 Å². The van der Waals surface area contributed by atoms with E-state index in [0.29, 0.717) is 35.7 Å². The number of hydrogen-bond acceptors (Lipinski definition) is 0. The molecule has 190 valence electrons. The average Bonchev–Trinajstić information content (AvgIpc) is 2.98. The van der Waals surface area contributed by atoms with Crippen LogP contribution in [0.25, 0.3) is 5.41 Å². The summed E-state index contributed by atoms with van der Waals surface area (Å²) in [6, 6.07) is 9.87. The molecule has 3 aliphatic rings. The standard InChI is InChI=1S/C28H43N2.3CH3.Ti/c1-19-20(2)22(4)27(21(19)3)25-17-11-12-18-26(25)28(29)30(23-13-7-5-8-14-23)24-15-9-6-10-16-24;;;;/h11-12,17-24,27H,5-10,13-16H2,1-4H3;3*1H3;/q4*-1;+4. The predicted octanol–water partition coefficient (Wildman–Crippen LogP) is 8.96. The molecule has 3 saturated carbocycles. The van der Waals surface area contributed by atoms with E-state index >= 15 is 0 Å². The van der Waals surface area contributed by atoms with E-state index in [4.69, 9.17) is 0 Å². The van der Waals surface area contributed by atoms with Gasteiger partial charge in [0.1, 0.15) is 0 Å². The summed E-state index contributed by atoms with van der Waals surface area (Å²) in [5.41, 5.74) is 2.52. The normalized spacial score (nSPS) is 29.6. The fraction of sp³-hybridized carbons (Fsp3) is 0.677. The minimum atomic E-state index is 0. The molecule has 4 atom stereocenters. The fourth-order valence-electron chi connectivity index (χ4n) is 7.15. The Morgan fingerprint density at radius 1 is 0.676 bits per heavy atom. The summed E-state index contributed by atoms with van der Waals surface area (Å²) < 4.78 is 0. The van der Waals surface area contributed by atoms with Gasteiger partial charge in [-0.2, -0.15) is 0 Å². The van der Waals surface area contributed by atoms with Crippen molar-refractivity contribution in [2.75, 3.05) is 0 Å². The Morgan fingerprint density at radius 2 is 1.09 bits per heavy atom. The minimum absolute atomic E-state index is 0. The van der Waals surface area contributed by atoms with Crippen LogP contribution in [0.1, 0.15) is 109 Å². The molecular formula is C31H52N2Ti. The van der Waals surface area contributed by atoms with Gasteiger partial charge in [-0.25, -0.2) is 0 Å². The van der Waals surface area contributed by atoms with Crippen LogP contribution in [0.2, 0.25) is 0 Å². The summed E-state index contributed by atoms with van der Waals surface area (Å²) in [7, 11) is 0. The van der Waals surface area contributed by atoms with Gasteiger partial charge in [0, 0.05) is 0 Å². The molecule has 0 radical (unpaired) electrons. The van der Waals surface area contributed by atoms with Crippen LogP contribution in [-0.2, 0) is 21.7 Å². The second-order valence-corrected chi connectivity index (χ2v) is 10.9. The average molecular weight is 501 g/mol. The first-order valence-electron chi connectivity index (χ1n) is 12.9. The maximum absolute atomic E-state index is 11.9. The molecule has 1 aromatic rings. The van der Waals surface area contributed by atoms with E-state index < -0.39 is 0 Å². The molecule has 0 aliphatic heterocycles. The number of nitrogens with zero attached hydrogens (tertiary/aromatic N) is 2. The molecular weight excluding hydrogens is 448 g/mol. The van der Waals surface area contributed by atoms with Crippen LogP contribution in [0.15, 0.2) is 24.3 Å². The van der Waals surface area contributed by atoms with Crippen LogP contribution in [0, 0.1) is 46.0 Å². The number of hydrogen-bond donors (Lipinski definition) is 0. The summed E-state index contributed by atoms with van der Waals surface area (Å²) in [5, 5.41) is 11.9. The van der Waals surface area contributed by atoms with Crippen molar-refractivity contribution in [2.45, 2.75) is 110 Å². The van der Waals surface area contributed by atoms with Crippen molar-refractivity contribution in [3.63, 3.8) is 0 Å². The van der Waals surface area contributed by atoms with Crippen LogP contribution < -0.4 is 0 Å². The Labute approximate surface area is 228 Å². The van der Waals surface area contributed by atoms with Gasteiger partial charge in [0.05, 0.1) is 0 Å². The fourth-order valence-corrected chi connectivity index (χ4v) is 7.15. The van der Waals surface area contributed by atoms with Crippen LogP contribution in [0.3, 0.4) is 0 Å². The number of benzene rings is 1. The van der Waals surface area contributed by atoms with Gasteiger partial charge in [0.2, 0.25) is 0 Å². The zero-order valence-corrected chi connectivity index (χ0v) is 24.9. The molecule has 0 saturated heterocycles. The molecule has 1 aromatic carbocycles. The smallest absolute Gasteiger partial charge is 0.464 e. The Morgan fingerprint density at radius 3 is 1.53 bits per heavy atom. The molecule has 0 bridgehead atoms. The van der Waals surface area contributed by atoms with Gasteiger partial charge in [-0.15, -0.1) is 0 Å². The molecule has 0 heterocycles. The van der Waals surface area contributed by atoms with Gasteiger partial charge < -0.3 is 32.6 Å². The summed E-state index contributed by atoms with van der Waals surface area (Å²) in [5.74, 6) is 3.90. The Balaban J connectivity index is 0.00000272. The Hall–Kier alpha value is -0.596. The van der Waals surface area contributed by atoms with E-state index in [2.05, 4.69) is 56.9 Å². The van der Waals surface area contributed by atoms with E-state index in [1.807, 2.05) is 0 Å². The Bertz CT molecular complexity index is 688. The van der Waals surface area contributed by atoms with Crippen molar-refractivity contribution >= 4 is 5.84 Å². The molecule has 3 fully saturated rings. The van der Waals surface area contributed by atoms with Crippen molar-refractivity contribution in [1.82, 2.24) is 4.90 Å². The molecule has 0 spiro atoms. The summed E-state index contributed by atoms with van der Waals surface area (Å²) >= 11 is 0. The third kappa shape index (κ3) is 6.58. The molecule has 3 heteroatoms. The molecule has 0 aromatic heterocycles. The topological polar surface area (TPSA) is 25.5 Å². The van der Waals surface area contributed by atoms with Gasteiger partial charge >= 0.3 is 21.7 Å². The predicted molar refractivity (Wildman–Crippen MR) is 148 cm³/mol. The monoisotopic (exact) mass is 500 g/mol. The van der Waals surface area contributed by atoms with Gasteiger partial charge in [-0.05, 0) is 52.8 Å². The SMILES string of the molecule is CC1C(C)C(C)C(c2ccccc2C(=[N-])N(C2CCCCC2)C2CCCCC2)C1C.[CH3-].[CH3-].[CH3-].[Ti+4]. The zero-order valence-electron chi connectivity index (χ0n) is 23.3. The van der Waals surface area contributed by atoms with Crippen molar-refractivity contribution in [3.8, 4) is 0 Å². The van der Waals surface area contributed by atoms with Crippen molar-refractivity contribution in [2.24, 2.45) is 23.7 Å². The maximum Gasteiger partial charge on any atom is 4.00 e. The minimum Gasteiger partial charge on any atom is -0.464 e. The van der Waals surface area contributed by atoms with Crippen molar-refractivity contribution < 1.29 is 21.7 Å². The first-order chi connectivity index (χ1) is 14.5. The van der Waals surface area contributed by atoms with E-state index in [1.165, 1.54) is 69.8 Å². The quantitative estimate of drug-likeness (QED) is 0.175. The van der Waals surface area contributed by atoms with E-state index in [1.54, 1.807) is 0 Å². The van der Waals surface area contributed by atoms with E-state index in [-0.39, 0.29) is 44.0 Å². The molecule has 34 heavy (non-hydrogen) atoms. The van der Waals surface area contributed by atoms with Gasteiger partial charge in [-0.3, -0.25) is 0 Å². The number of rotatable bonds is 4. The first kappa shape index (κ1) is 33.4. The summed E-state index contributed by atoms with van der Waals surface area (Å²) in [6.07, 6.45) is 12.9. The third-order valence-corrected chi connectivity index (χ3v) is 9.36. The van der Waals surface area contributed by atoms with E-state index in [0.717, 1.165) is 17.4 Å². The third-order valence-electron chi connectivity index (χ3n) is 9.36. The Kier molecular flexibility index (Phi) is 14.6. The van der Waals surface area contributed by atoms with Crippen LogP contribution >= 0.6 is 0 Å². The molecule has 3 aliphatic carbocycles. The largest absolute Gasteiger partial charge is 4.00 e. The van der Waals surface area contributed by atoms with E-state index in [9.17, 15) is 5.41 Å². The van der Waals surface area contributed by atoms with Crippen LogP contribution in [0.4, 0.5) is 0 Å². The first-order valence-corrected chi connectivity index (χ1v) is 12.9. The van der Waals surface area contributed by atoms with Crippen LogP contribution in [0.5, 0.6) is 0 Å². The summed E-state index contributed by atoms with van der Waals surface area (Å²) in [6.45, 7) is 9.72. The molecule has 2 nitrogen and oxygen atoms in total. The summed E-state index contributed by atoms with van der Waals surface area (Å²) in [4.78, 5) is 2.51. The maximum atomic E-state index is 11.9. The van der Waals surface area contributed by atoms with Gasteiger partial charge in [0.15, 0.2) is 0 Å². The molecule has 0 amide bonds. The van der Waals surface area contributed by atoms with Gasteiger partial charge in [0.25, 0.3) is 0 Å². The van der Waals surface area contributed by atoms with Crippen molar-refractivity contribution in [3.05, 3.63) is 63.1 Å². The molecule has 4 unspecified atom stereocenters. The number of amidine groups is 1. The van der Waals surface area contributed by atoms with Crippen molar-refractivity contribution in [1.29, 1.82) is 0 Å².